The highest BCUT2D eigenvalue weighted by molar-refractivity contribution is 5.34. The molecule has 3 heterocycles. The molecule has 2 N–H and O–H groups in total. The number of nitrogens with zero attached hydrogens (tertiary/aromatic N) is 1. The molecular weight excluding hydrogens is 286 g/mol. The highest BCUT2D eigenvalue weighted by atomic mass is 16.3. The van der Waals surface area contributed by atoms with Crippen LogP contribution in [-0.4, -0.2) is 44.4 Å². The second-order valence-corrected chi connectivity index (χ2v) is 9.97. The zero-order valence-corrected chi connectivity index (χ0v) is 14.3. The van der Waals surface area contributed by atoms with Gasteiger partial charge in [0.25, 0.3) is 0 Å². The maximum atomic E-state index is 12.0. The van der Waals surface area contributed by atoms with Crippen LogP contribution in [0.3, 0.4) is 0 Å². The van der Waals surface area contributed by atoms with Crippen LogP contribution >= 0.6 is 0 Å². The fraction of sp³-hybridized carbons (Fsp3) is 1.00. The molecule has 3 saturated heterocycles. The minimum absolute atomic E-state index is 0.0703. The van der Waals surface area contributed by atoms with Crippen LogP contribution in [0.1, 0.15) is 64.7 Å². The molecule has 0 radical (unpaired) electrons. The van der Waals surface area contributed by atoms with E-state index in [1.54, 1.807) is 0 Å². The van der Waals surface area contributed by atoms with Crippen LogP contribution in [0.25, 0.3) is 0 Å². The molecule has 0 aromatic rings. The van der Waals surface area contributed by atoms with Gasteiger partial charge in [-0.05, 0) is 75.5 Å². The number of hydrogen-bond acceptors (Lipinski definition) is 3. The highest BCUT2D eigenvalue weighted by Gasteiger charge is 2.82. The Kier molecular flexibility index (Phi) is 2.55. The fourth-order valence-electron chi connectivity index (χ4n) is 9.29. The molecule has 4 saturated carbocycles. The van der Waals surface area contributed by atoms with Crippen LogP contribution in [0.15, 0.2) is 0 Å². The van der Waals surface area contributed by atoms with Crippen molar-refractivity contribution in [2.75, 3.05) is 0 Å². The molecule has 7 fully saturated rings. The molecule has 7 rings (SSSR count). The Morgan fingerprint density at radius 1 is 1.00 bits per heavy atom. The summed E-state index contributed by atoms with van der Waals surface area (Å²) in [6.45, 7) is 2.39. The summed E-state index contributed by atoms with van der Waals surface area (Å²) >= 11 is 0. The van der Waals surface area contributed by atoms with Gasteiger partial charge < -0.3 is 10.2 Å². The van der Waals surface area contributed by atoms with Gasteiger partial charge in [0.2, 0.25) is 0 Å². The Balaban J connectivity index is 1.54. The molecule has 7 aliphatic rings. The molecule has 6 bridgehead atoms. The van der Waals surface area contributed by atoms with Crippen LogP contribution < -0.4 is 0 Å². The van der Waals surface area contributed by atoms with Gasteiger partial charge in [0.1, 0.15) is 0 Å². The second-order valence-electron chi connectivity index (χ2n) is 9.97. The van der Waals surface area contributed by atoms with Crippen molar-refractivity contribution in [1.29, 1.82) is 0 Å². The van der Waals surface area contributed by atoms with Crippen LogP contribution in [0.2, 0.25) is 0 Å². The van der Waals surface area contributed by atoms with Gasteiger partial charge in [-0.2, -0.15) is 0 Å². The molecule has 4 aliphatic carbocycles. The minimum Gasteiger partial charge on any atom is -0.393 e. The highest BCUT2D eigenvalue weighted by Crippen LogP contribution is 2.75. The summed E-state index contributed by atoms with van der Waals surface area (Å²) in [6.07, 6.45) is 10.7. The molecule has 1 spiro atoms. The lowest BCUT2D eigenvalue weighted by Gasteiger charge is -2.61. The molecule has 1 unspecified atom stereocenters. The van der Waals surface area contributed by atoms with E-state index in [1.807, 2.05) is 0 Å². The van der Waals surface area contributed by atoms with E-state index in [2.05, 4.69) is 11.8 Å². The van der Waals surface area contributed by atoms with Gasteiger partial charge in [-0.15, -0.1) is 0 Å². The smallest absolute Gasteiger partial charge is 0.0880 e. The van der Waals surface area contributed by atoms with Crippen LogP contribution in [0.5, 0.6) is 0 Å². The minimum atomic E-state index is -0.487. The van der Waals surface area contributed by atoms with Crippen LogP contribution in [0.4, 0.5) is 0 Å². The third-order valence-corrected chi connectivity index (χ3v) is 9.54. The van der Waals surface area contributed by atoms with E-state index in [0.29, 0.717) is 35.8 Å². The van der Waals surface area contributed by atoms with Gasteiger partial charge in [0, 0.05) is 18.0 Å². The predicted octanol–water partition coefficient (Wildman–Crippen LogP) is 2.55. The average Bonchev–Trinajstić information content (AvgIpc) is 2.75. The molecule has 3 aliphatic heterocycles. The van der Waals surface area contributed by atoms with Crippen molar-refractivity contribution in [3.8, 4) is 0 Å². The molecular formula is C20H31NO2. The first-order valence-electron chi connectivity index (χ1n) is 10.3. The Bertz CT molecular complexity index is 552. The summed E-state index contributed by atoms with van der Waals surface area (Å²) in [5, 5.41) is 23.0. The molecule has 3 nitrogen and oxygen atoms in total. The number of fused-ring (bicyclic) bond motifs is 1. The molecule has 11 atom stereocenters. The van der Waals surface area contributed by atoms with E-state index in [4.69, 9.17) is 0 Å². The van der Waals surface area contributed by atoms with Gasteiger partial charge in [-0.3, -0.25) is 4.90 Å². The van der Waals surface area contributed by atoms with Gasteiger partial charge in [0.05, 0.1) is 17.2 Å². The van der Waals surface area contributed by atoms with E-state index >= 15 is 0 Å². The lowest BCUT2D eigenvalue weighted by molar-refractivity contribution is -0.171. The first-order valence-corrected chi connectivity index (χ1v) is 10.3. The predicted molar refractivity (Wildman–Crippen MR) is 87.8 cm³/mol. The van der Waals surface area contributed by atoms with Crippen molar-refractivity contribution < 1.29 is 10.2 Å². The molecule has 23 heavy (non-hydrogen) atoms. The lowest BCUT2D eigenvalue weighted by Crippen LogP contribution is -2.69. The summed E-state index contributed by atoms with van der Waals surface area (Å²) in [7, 11) is 0. The van der Waals surface area contributed by atoms with Crippen molar-refractivity contribution >= 4 is 0 Å². The summed E-state index contributed by atoms with van der Waals surface area (Å²) in [4.78, 5) is 2.78. The van der Waals surface area contributed by atoms with E-state index in [0.717, 1.165) is 18.8 Å². The molecule has 0 aromatic carbocycles. The largest absolute Gasteiger partial charge is 0.393 e. The standard InChI is InChI=1S/C20H31NO2/c1-11-6-7-15-16-8-12-9-20(15,23)19(21(11)16)10-17(22)13-4-2-3-5-14(13)18(12)19/h11-18,22-23H,2-10H2,1H3/t11-,12-,13+,14+,15+,16+,17-,18-,19-,20+/m1/s1. The third-order valence-electron chi connectivity index (χ3n) is 9.54. The lowest BCUT2D eigenvalue weighted by atomic mass is 9.54. The summed E-state index contributed by atoms with van der Waals surface area (Å²) < 4.78 is 0. The Morgan fingerprint density at radius 3 is 2.61 bits per heavy atom. The number of rotatable bonds is 0. The third kappa shape index (κ3) is 1.32. The SMILES string of the molecule is C[C@@H]1CC[C@H]2[C@@H]3C[C@@H]4C[C@@]2(O)[C@]2(C[C@@H](O)[C@H]5CCCC[C@@H]5[C@@H]42)N13. The van der Waals surface area contributed by atoms with Gasteiger partial charge in [0.15, 0.2) is 0 Å². The maximum absolute atomic E-state index is 12.0. The molecule has 128 valence electrons. The van der Waals surface area contributed by atoms with Gasteiger partial charge in [-0.1, -0.05) is 12.8 Å². The van der Waals surface area contributed by atoms with E-state index < -0.39 is 5.60 Å². The molecule has 3 heteroatoms. The van der Waals surface area contributed by atoms with E-state index in [-0.39, 0.29) is 11.6 Å². The maximum Gasteiger partial charge on any atom is 0.0880 e. The van der Waals surface area contributed by atoms with Crippen molar-refractivity contribution in [3.05, 3.63) is 0 Å². The number of aliphatic hydroxyl groups is 2. The summed E-state index contributed by atoms with van der Waals surface area (Å²) in [5.41, 5.74) is -0.557. The molecule has 0 amide bonds. The Morgan fingerprint density at radius 2 is 1.78 bits per heavy atom. The zero-order chi connectivity index (χ0) is 15.6. The zero-order valence-electron chi connectivity index (χ0n) is 14.3. The van der Waals surface area contributed by atoms with Crippen LogP contribution in [-0.2, 0) is 0 Å². The summed E-state index contributed by atoms with van der Waals surface area (Å²) in [5.74, 6) is 3.10. The topological polar surface area (TPSA) is 43.7 Å². The average molecular weight is 317 g/mol. The van der Waals surface area contributed by atoms with Crippen molar-refractivity contribution in [2.24, 2.45) is 29.6 Å². The van der Waals surface area contributed by atoms with Crippen molar-refractivity contribution in [1.82, 2.24) is 4.90 Å². The van der Waals surface area contributed by atoms with Crippen LogP contribution in [0, 0.1) is 29.6 Å². The number of aliphatic hydroxyl groups excluding tert-OH is 1. The Labute approximate surface area is 139 Å². The first-order chi connectivity index (χ1) is 11.1. The fourth-order valence-corrected chi connectivity index (χ4v) is 9.29. The quantitative estimate of drug-likeness (QED) is 0.722. The molecule has 0 aromatic heterocycles. The number of hydrogen-bond donors (Lipinski definition) is 2. The number of piperidine rings is 2. The summed E-state index contributed by atoms with van der Waals surface area (Å²) in [6, 6.07) is 1.21. The van der Waals surface area contributed by atoms with E-state index in [1.165, 1.54) is 44.9 Å². The monoisotopic (exact) mass is 317 g/mol. The van der Waals surface area contributed by atoms with Gasteiger partial charge in [-0.25, -0.2) is 0 Å². The second kappa shape index (κ2) is 4.16. The Hall–Kier alpha value is -0.120. The van der Waals surface area contributed by atoms with Crippen molar-refractivity contribution in [3.63, 3.8) is 0 Å². The normalized spacial score (nSPS) is 68.7. The van der Waals surface area contributed by atoms with Gasteiger partial charge >= 0.3 is 0 Å². The first kappa shape index (κ1) is 14.1. The van der Waals surface area contributed by atoms with Crippen molar-refractivity contribution in [2.45, 2.75) is 94.0 Å². The van der Waals surface area contributed by atoms with E-state index in [9.17, 15) is 10.2 Å².